The van der Waals surface area contributed by atoms with Crippen LogP contribution in [0.15, 0.2) is 126 Å². The molecule has 0 bridgehead atoms. The van der Waals surface area contributed by atoms with Gasteiger partial charge in [0.05, 0.1) is 11.5 Å². The second-order valence-corrected chi connectivity index (χ2v) is 18.2. The van der Waals surface area contributed by atoms with Gasteiger partial charge in [-0.1, -0.05) is 109 Å². The number of benzene rings is 4. The number of aliphatic carboxylic acids is 1. The van der Waals surface area contributed by atoms with E-state index < -0.39 is 16.0 Å². The highest BCUT2D eigenvalue weighted by molar-refractivity contribution is 7.89. The van der Waals surface area contributed by atoms with Gasteiger partial charge in [-0.15, -0.1) is 0 Å². The lowest BCUT2D eigenvalue weighted by Gasteiger charge is -2.18. The Balaban J connectivity index is 0.000000204. The maximum atomic E-state index is 13.3. The second kappa shape index (κ2) is 23.0. The van der Waals surface area contributed by atoms with Gasteiger partial charge in [0.25, 0.3) is 0 Å². The van der Waals surface area contributed by atoms with Gasteiger partial charge in [-0.3, -0.25) is 19.2 Å². The van der Waals surface area contributed by atoms with Gasteiger partial charge < -0.3 is 19.0 Å². The van der Waals surface area contributed by atoms with Gasteiger partial charge in [0.2, 0.25) is 10.0 Å². The number of carbonyl (C=O) groups excluding carboxylic acids is 3. The fourth-order valence-corrected chi connectivity index (χ4v) is 10.2. The monoisotopic (exact) mass is 899 g/mol. The van der Waals surface area contributed by atoms with E-state index in [4.69, 9.17) is 4.74 Å². The molecule has 2 aromatic heterocycles. The first-order chi connectivity index (χ1) is 31.0. The molecule has 6 aromatic rings. The zero-order valence-corrected chi connectivity index (χ0v) is 39.4. The van der Waals surface area contributed by atoms with Crippen LogP contribution in [0.5, 0.6) is 0 Å². The molecule has 1 saturated heterocycles. The highest BCUT2D eigenvalue weighted by Gasteiger charge is 2.30. The summed E-state index contributed by atoms with van der Waals surface area (Å²) < 4.78 is 37.1. The largest absolute Gasteiger partial charge is 0.480 e. The number of carbonyl (C=O) groups is 4. The van der Waals surface area contributed by atoms with Crippen LogP contribution in [-0.4, -0.2) is 70.2 Å². The van der Waals surface area contributed by atoms with Crippen LogP contribution in [0, 0.1) is 27.7 Å². The van der Waals surface area contributed by atoms with Crippen LogP contribution in [0.1, 0.15) is 85.4 Å². The summed E-state index contributed by atoms with van der Waals surface area (Å²) in [7, 11) is -3.57. The third-order valence-electron chi connectivity index (χ3n) is 11.7. The fourth-order valence-electron chi connectivity index (χ4n) is 8.44. The molecule has 3 heterocycles. The maximum absolute atomic E-state index is 13.3. The Morgan fingerprint density at radius 1 is 0.692 bits per heavy atom. The molecule has 0 amide bonds. The number of hydrogen-bond donors (Lipinski definition) is 1. The van der Waals surface area contributed by atoms with Crippen LogP contribution in [0.25, 0.3) is 22.3 Å². The molecule has 0 radical (unpaired) electrons. The van der Waals surface area contributed by atoms with Crippen LogP contribution in [0.2, 0.25) is 0 Å². The zero-order valence-electron chi connectivity index (χ0n) is 38.5. The lowest BCUT2D eigenvalue weighted by molar-refractivity contribution is -0.144. The number of rotatable bonds is 15. The zero-order chi connectivity index (χ0) is 47.3. The molecule has 0 saturated carbocycles. The maximum Gasteiger partial charge on any atom is 0.325 e. The van der Waals surface area contributed by atoms with E-state index in [1.54, 1.807) is 21.0 Å². The number of ether oxygens (including phenoxy) is 1. The van der Waals surface area contributed by atoms with Crippen molar-refractivity contribution >= 4 is 33.5 Å². The third kappa shape index (κ3) is 12.7. The number of carboxylic acid groups (broad SMARTS) is 1. The van der Waals surface area contributed by atoms with Crippen molar-refractivity contribution in [3.8, 4) is 22.3 Å². The first-order valence-electron chi connectivity index (χ1n) is 22.0. The van der Waals surface area contributed by atoms with Crippen molar-refractivity contribution in [1.82, 2.24) is 13.4 Å². The van der Waals surface area contributed by atoms with Crippen molar-refractivity contribution in [3.63, 3.8) is 0 Å². The van der Waals surface area contributed by atoms with Gasteiger partial charge in [-0.2, -0.15) is 4.31 Å². The summed E-state index contributed by atoms with van der Waals surface area (Å²) in [4.78, 5) is 45.8. The Hall–Kier alpha value is -6.37. The van der Waals surface area contributed by atoms with Crippen LogP contribution in [0.3, 0.4) is 0 Å². The molecule has 1 aliphatic rings. The number of ketones is 2. The lowest BCUT2D eigenvalue weighted by Crippen LogP contribution is -2.28. The summed E-state index contributed by atoms with van der Waals surface area (Å²) in [6, 6.07) is 38.8. The smallest absolute Gasteiger partial charge is 0.325 e. The van der Waals surface area contributed by atoms with Crippen molar-refractivity contribution in [1.29, 1.82) is 0 Å². The summed E-state index contributed by atoms with van der Waals surface area (Å²) in [5.41, 5.74) is 10.8. The van der Waals surface area contributed by atoms with E-state index in [9.17, 15) is 32.7 Å². The Morgan fingerprint density at radius 3 is 1.80 bits per heavy atom. The molecule has 4 aromatic carbocycles. The molecule has 342 valence electrons. The van der Waals surface area contributed by atoms with Crippen molar-refractivity contribution in [2.75, 3.05) is 19.7 Å². The number of hydrogen-bond acceptors (Lipinski definition) is 7. The summed E-state index contributed by atoms with van der Waals surface area (Å²) in [6.45, 7) is 14.4. The van der Waals surface area contributed by atoms with Crippen molar-refractivity contribution < 1.29 is 37.4 Å². The molecular weight excluding hydrogens is 839 g/mol. The van der Waals surface area contributed by atoms with E-state index in [0.29, 0.717) is 37.4 Å². The number of aryl methyl sites for hydroxylation is 1. The van der Waals surface area contributed by atoms with Crippen molar-refractivity contribution in [2.24, 2.45) is 0 Å². The Labute approximate surface area is 383 Å². The minimum Gasteiger partial charge on any atom is -0.480 e. The first kappa shape index (κ1) is 49.6. The van der Waals surface area contributed by atoms with Crippen LogP contribution in [0.4, 0.5) is 0 Å². The molecule has 12 heteroatoms. The fraction of sp³-hybridized carbons (Fsp3) is 0.321. The minimum atomic E-state index is -3.57. The molecule has 7 rings (SSSR count). The number of esters is 1. The van der Waals surface area contributed by atoms with Crippen LogP contribution >= 0.6 is 0 Å². The van der Waals surface area contributed by atoms with Gasteiger partial charge in [0, 0.05) is 65.8 Å². The third-order valence-corrected chi connectivity index (χ3v) is 13.7. The standard InChI is InChI=1S/C25H28N2O4S.C16H19NO2.C12H14O2/c1-18-22(25(20-10-4-3-5-11-20)19(2)27(18)17-24(28)29)16-21-12-6-7-13-23(21)32(30,31)26-14-8-9-15-26;1-4-19-16(18)11-17-12(2)10-15(13(17)3)14-8-6-5-7-9-14;1-9(13)8-12(10(2)14)11-6-4-3-5-7-11/h3-7,10-13H,8-9,14-17H2,1-2H3,(H,28,29);5-10H,4,11H2,1-3H3;3-7,12H,8H2,1-2H3. The predicted octanol–water partition coefficient (Wildman–Crippen LogP) is 9.91. The van der Waals surface area contributed by atoms with E-state index in [1.165, 1.54) is 25.0 Å². The second-order valence-electron chi connectivity index (χ2n) is 16.3. The number of Topliss-reactive ketones (excluding diaryl/α,β-unsaturated/α-hetero) is 2. The SMILES string of the molecule is CC(=O)CC(C(C)=O)c1ccccc1.CCOC(=O)Cn1c(C)cc(-c2ccccc2)c1C.Cc1c(Cc2ccccc2S(=O)(=O)N2CCCC2)c(-c2ccccc2)c(C)n1CC(=O)O. The molecule has 1 N–H and O–H groups in total. The number of carboxylic acids is 1. The molecule has 1 fully saturated rings. The molecule has 1 aliphatic heterocycles. The van der Waals surface area contributed by atoms with Gasteiger partial charge in [-0.05, 0) is 101 Å². The topological polar surface area (TPSA) is 145 Å². The molecule has 0 aliphatic carbocycles. The predicted molar refractivity (Wildman–Crippen MR) is 255 cm³/mol. The first-order valence-corrected chi connectivity index (χ1v) is 23.4. The Bertz CT molecular complexity index is 2680. The number of sulfonamides is 1. The highest BCUT2D eigenvalue weighted by atomic mass is 32.2. The molecule has 0 spiro atoms. The average Bonchev–Trinajstić information content (AvgIpc) is 3.99. The average molecular weight is 900 g/mol. The van der Waals surface area contributed by atoms with Crippen LogP contribution < -0.4 is 0 Å². The molecular formula is C53H61N3O8S. The van der Waals surface area contributed by atoms with E-state index >= 15 is 0 Å². The normalized spacial score (nSPS) is 12.9. The molecule has 11 nitrogen and oxygen atoms in total. The molecule has 1 atom stereocenters. The summed E-state index contributed by atoms with van der Waals surface area (Å²) in [5.74, 6) is -1.27. The van der Waals surface area contributed by atoms with E-state index in [0.717, 1.165) is 63.4 Å². The van der Waals surface area contributed by atoms with Crippen molar-refractivity contribution in [2.45, 2.75) is 98.1 Å². The van der Waals surface area contributed by atoms with Crippen LogP contribution in [-0.2, 0) is 53.4 Å². The lowest BCUT2D eigenvalue weighted by atomic mass is 9.91. The summed E-state index contributed by atoms with van der Waals surface area (Å²) in [6.07, 6.45) is 2.48. The number of aromatic nitrogens is 2. The molecule has 1 unspecified atom stereocenters. The van der Waals surface area contributed by atoms with E-state index in [1.807, 2.05) is 130 Å². The highest BCUT2D eigenvalue weighted by Crippen LogP contribution is 2.36. The van der Waals surface area contributed by atoms with Gasteiger partial charge in [0.15, 0.2) is 0 Å². The minimum absolute atomic E-state index is 0.0476. The Morgan fingerprint density at radius 2 is 1.25 bits per heavy atom. The van der Waals surface area contributed by atoms with Gasteiger partial charge >= 0.3 is 11.9 Å². The Kier molecular flexibility index (Phi) is 17.6. The van der Waals surface area contributed by atoms with E-state index in [2.05, 4.69) is 18.2 Å². The summed E-state index contributed by atoms with van der Waals surface area (Å²) >= 11 is 0. The number of nitrogens with zero attached hydrogens (tertiary/aromatic N) is 3. The van der Waals surface area contributed by atoms with Gasteiger partial charge in [-0.25, -0.2) is 8.42 Å². The summed E-state index contributed by atoms with van der Waals surface area (Å²) in [5, 5.41) is 9.44. The quantitative estimate of drug-likeness (QED) is 0.100. The van der Waals surface area contributed by atoms with Crippen molar-refractivity contribution in [3.05, 3.63) is 161 Å². The molecule has 65 heavy (non-hydrogen) atoms. The van der Waals surface area contributed by atoms with E-state index in [-0.39, 0.29) is 36.5 Å². The van der Waals surface area contributed by atoms with Gasteiger partial charge in [0.1, 0.15) is 24.7 Å².